The minimum absolute atomic E-state index is 0.133. The number of thioether (sulfide) groups is 1. The number of rotatable bonds is 4. The highest BCUT2D eigenvalue weighted by molar-refractivity contribution is 8.19. The average molecular weight is 461 g/mol. The molecule has 0 aliphatic carbocycles. The first-order chi connectivity index (χ1) is 14.3. The van der Waals surface area contributed by atoms with Crippen LogP contribution in [0.5, 0.6) is 0 Å². The molecule has 1 saturated heterocycles. The fourth-order valence-electron chi connectivity index (χ4n) is 2.80. The highest BCUT2D eigenvalue weighted by Gasteiger charge is 2.36. The molecule has 10 heteroatoms. The number of carbonyl (C=O) groups is 2. The van der Waals surface area contributed by atoms with Crippen LogP contribution < -0.4 is 4.90 Å². The SMILES string of the molecule is O=C1S/C(=C/c2ccc(-c3ccc([N+](=O)[O-])cc3Cl)o2)C(=O)N1c1ccc(Cl)cc1. The molecule has 7 nitrogen and oxygen atoms in total. The Morgan fingerprint density at radius 2 is 1.77 bits per heavy atom. The average Bonchev–Trinajstić information content (AvgIpc) is 3.27. The zero-order valence-electron chi connectivity index (χ0n) is 14.9. The number of nitro groups is 1. The lowest BCUT2D eigenvalue weighted by atomic mass is 10.1. The van der Waals surface area contributed by atoms with Gasteiger partial charge in [-0.1, -0.05) is 23.2 Å². The quantitative estimate of drug-likeness (QED) is 0.254. The van der Waals surface area contributed by atoms with E-state index in [4.69, 9.17) is 27.6 Å². The van der Waals surface area contributed by atoms with Crippen molar-refractivity contribution < 1.29 is 18.9 Å². The molecule has 0 bridgehead atoms. The molecular weight excluding hydrogens is 451 g/mol. The van der Waals surface area contributed by atoms with Crippen LogP contribution in [0.15, 0.2) is 63.9 Å². The van der Waals surface area contributed by atoms with Crippen LogP contribution in [0.3, 0.4) is 0 Å². The standard InChI is InChI=1S/C20H10Cl2N2O5S/c21-11-1-3-12(4-2-11)23-19(25)18(30-20(23)26)10-14-6-8-17(29-14)15-7-5-13(24(27)28)9-16(15)22/h1-10H/b18-10+. The zero-order valence-corrected chi connectivity index (χ0v) is 17.2. The number of imide groups is 1. The molecule has 0 radical (unpaired) electrons. The normalized spacial score (nSPS) is 15.3. The molecule has 0 saturated carbocycles. The number of hydrogen-bond donors (Lipinski definition) is 0. The summed E-state index contributed by atoms with van der Waals surface area (Å²) in [5.74, 6) is 0.234. The van der Waals surface area contributed by atoms with Gasteiger partial charge in [-0.2, -0.15) is 0 Å². The van der Waals surface area contributed by atoms with E-state index in [0.717, 1.165) is 16.7 Å². The summed E-state index contributed by atoms with van der Waals surface area (Å²) in [5, 5.41) is 11.1. The number of carbonyl (C=O) groups excluding carboxylic acids is 2. The van der Waals surface area contributed by atoms with Gasteiger partial charge < -0.3 is 4.42 Å². The van der Waals surface area contributed by atoms with E-state index in [1.807, 2.05) is 0 Å². The van der Waals surface area contributed by atoms with Gasteiger partial charge in [-0.25, -0.2) is 4.90 Å². The molecule has 0 unspecified atom stereocenters. The Balaban J connectivity index is 1.60. The summed E-state index contributed by atoms with van der Waals surface area (Å²) in [6.07, 6.45) is 1.46. The third-order valence-corrected chi connectivity index (χ3v) is 5.64. The van der Waals surface area contributed by atoms with Gasteiger partial charge in [0.05, 0.1) is 20.5 Å². The van der Waals surface area contributed by atoms with Gasteiger partial charge in [0.25, 0.3) is 16.8 Å². The summed E-state index contributed by atoms with van der Waals surface area (Å²) in [6.45, 7) is 0. The molecule has 0 spiro atoms. The van der Waals surface area contributed by atoms with Crippen LogP contribution in [0.1, 0.15) is 5.76 Å². The van der Waals surface area contributed by atoms with Crippen LogP contribution in [0, 0.1) is 10.1 Å². The maximum Gasteiger partial charge on any atom is 0.298 e. The molecule has 1 aliphatic rings. The van der Waals surface area contributed by atoms with Gasteiger partial charge in [0, 0.05) is 28.8 Å². The Bertz CT molecular complexity index is 1220. The number of anilines is 1. The second-order valence-corrected chi connectivity index (χ2v) is 7.95. The van der Waals surface area contributed by atoms with Gasteiger partial charge >= 0.3 is 0 Å². The molecule has 2 heterocycles. The highest BCUT2D eigenvalue weighted by atomic mass is 35.5. The summed E-state index contributed by atoms with van der Waals surface area (Å²) in [7, 11) is 0. The molecule has 2 aromatic carbocycles. The van der Waals surface area contributed by atoms with E-state index in [9.17, 15) is 19.7 Å². The fourth-order valence-corrected chi connectivity index (χ4v) is 4.02. The lowest BCUT2D eigenvalue weighted by Crippen LogP contribution is -2.27. The Morgan fingerprint density at radius 3 is 2.43 bits per heavy atom. The van der Waals surface area contributed by atoms with Crippen LogP contribution >= 0.6 is 35.0 Å². The van der Waals surface area contributed by atoms with Crippen molar-refractivity contribution in [3.05, 3.63) is 85.4 Å². The third kappa shape index (κ3) is 3.85. The molecule has 1 aliphatic heterocycles. The number of nitro benzene ring substituents is 1. The van der Waals surface area contributed by atoms with Gasteiger partial charge in [-0.15, -0.1) is 0 Å². The van der Waals surface area contributed by atoms with Crippen molar-refractivity contribution in [1.82, 2.24) is 0 Å². The Hall–Kier alpha value is -3.07. The number of non-ortho nitro benzene ring substituents is 1. The maximum absolute atomic E-state index is 12.7. The number of nitrogens with zero attached hydrogens (tertiary/aromatic N) is 2. The van der Waals surface area contributed by atoms with Crippen molar-refractivity contribution in [2.24, 2.45) is 0 Å². The predicted molar refractivity (Wildman–Crippen MR) is 116 cm³/mol. The lowest BCUT2D eigenvalue weighted by molar-refractivity contribution is -0.384. The van der Waals surface area contributed by atoms with E-state index in [1.165, 1.54) is 24.3 Å². The molecule has 4 rings (SSSR count). The van der Waals surface area contributed by atoms with Crippen LogP contribution in [-0.4, -0.2) is 16.1 Å². The first-order valence-electron chi connectivity index (χ1n) is 8.41. The predicted octanol–water partition coefficient (Wildman–Crippen LogP) is 6.40. The smallest absolute Gasteiger partial charge is 0.298 e. The first kappa shape index (κ1) is 20.2. The number of amides is 2. The van der Waals surface area contributed by atoms with Crippen LogP contribution in [0.4, 0.5) is 16.2 Å². The Kier molecular flexibility index (Phi) is 5.38. The van der Waals surface area contributed by atoms with E-state index in [2.05, 4.69) is 0 Å². The molecular formula is C20H10Cl2N2O5S. The van der Waals surface area contributed by atoms with Crippen molar-refractivity contribution in [1.29, 1.82) is 0 Å². The third-order valence-electron chi connectivity index (χ3n) is 4.21. The molecule has 30 heavy (non-hydrogen) atoms. The second kappa shape index (κ2) is 7.98. The van der Waals surface area contributed by atoms with Crippen LogP contribution in [0.25, 0.3) is 17.4 Å². The van der Waals surface area contributed by atoms with Crippen LogP contribution in [0.2, 0.25) is 10.0 Å². The summed E-state index contributed by atoms with van der Waals surface area (Å²) in [5.41, 5.74) is 0.755. The summed E-state index contributed by atoms with van der Waals surface area (Å²) in [4.78, 5) is 36.6. The Labute approximate surface area is 184 Å². The van der Waals surface area contributed by atoms with Gasteiger partial charge in [-0.3, -0.25) is 19.7 Å². The van der Waals surface area contributed by atoms with Crippen molar-refractivity contribution in [3.63, 3.8) is 0 Å². The van der Waals surface area contributed by atoms with Crippen molar-refractivity contribution in [2.75, 3.05) is 4.90 Å². The largest absolute Gasteiger partial charge is 0.457 e. The minimum Gasteiger partial charge on any atom is -0.457 e. The molecule has 1 fully saturated rings. The molecule has 1 aromatic heterocycles. The van der Waals surface area contributed by atoms with Crippen molar-refractivity contribution >= 4 is 63.6 Å². The van der Waals surface area contributed by atoms with E-state index in [-0.39, 0.29) is 15.6 Å². The second-order valence-electron chi connectivity index (χ2n) is 6.12. The molecule has 0 N–H and O–H groups in total. The summed E-state index contributed by atoms with van der Waals surface area (Å²) in [6, 6.07) is 13.6. The highest BCUT2D eigenvalue weighted by Crippen LogP contribution is 2.37. The number of furan rings is 1. The van der Waals surface area contributed by atoms with Crippen molar-refractivity contribution in [2.45, 2.75) is 0 Å². The van der Waals surface area contributed by atoms with Gasteiger partial charge in [0.2, 0.25) is 0 Å². The van der Waals surface area contributed by atoms with E-state index in [0.29, 0.717) is 27.8 Å². The number of benzene rings is 2. The molecule has 3 aromatic rings. The monoisotopic (exact) mass is 460 g/mol. The van der Waals surface area contributed by atoms with Gasteiger partial charge in [0.15, 0.2) is 0 Å². The summed E-state index contributed by atoms with van der Waals surface area (Å²) >= 11 is 12.8. The Morgan fingerprint density at radius 1 is 1.03 bits per heavy atom. The van der Waals surface area contributed by atoms with E-state index < -0.39 is 16.1 Å². The van der Waals surface area contributed by atoms with Crippen LogP contribution in [-0.2, 0) is 4.79 Å². The topological polar surface area (TPSA) is 93.7 Å². The number of halogens is 2. The van der Waals surface area contributed by atoms with E-state index in [1.54, 1.807) is 36.4 Å². The maximum atomic E-state index is 12.7. The van der Waals surface area contributed by atoms with Gasteiger partial charge in [0.1, 0.15) is 11.5 Å². The molecule has 150 valence electrons. The first-order valence-corrected chi connectivity index (χ1v) is 9.98. The van der Waals surface area contributed by atoms with E-state index >= 15 is 0 Å². The van der Waals surface area contributed by atoms with Crippen molar-refractivity contribution in [3.8, 4) is 11.3 Å². The molecule has 0 atom stereocenters. The van der Waals surface area contributed by atoms with Gasteiger partial charge in [-0.05, 0) is 54.2 Å². The fraction of sp³-hybridized carbons (Fsp3) is 0. The molecule has 2 amide bonds. The summed E-state index contributed by atoms with van der Waals surface area (Å²) < 4.78 is 5.71. The zero-order chi connectivity index (χ0) is 21.4. The number of hydrogen-bond acceptors (Lipinski definition) is 6. The minimum atomic E-state index is -0.542. The lowest BCUT2D eigenvalue weighted by Gasteiger charge is -2.11.